The van der Waals surface area contributed by atoms with Crippen LogP contribution < -0.4 is 0 Å². The van der Waals surface area contributed by atoms with Crippen molar-refractivity contribution in [3.05, 3.63) is 0 Å². The van der Waals surface area contributed by atoms with Gasteiger partial charge in [0.2, 0.25) is 0 Å². The molecular formula is C24H45P. The molecule has 0 aromatic carbocycles. The molecule has 1 heteroatoms. The van der Waals surface area contributed by atoms with Crippen LogP contribution in [0.2, 0.25) is 0 Å². The Morgan fingerprint density at radius 3 is 0.680 bits per heavy atom. The van der Waals surface area contributed by atoms with Crippen molar-refractivity contribution in [2.45, 2.75) is 151 Å². The summed E-state index contributed by atoms with van der Waals surface area (Å²) >= 11 is 0. The zero-order chi connectivity index (χ0) is 17.0. The molecule has 4 fully saturated rings. The molecule has 0 amide bonds. The van der Waals surface area contributed by atoms with Crippen molar-refractivity contribution in [2.24, 2.45) is 0 Å². The summed E-state index contributed by atoms with van der Waals surface area (Å²) in [5.74, 6) is 0. The van der Waals surface area contributed by atoms with E-state index in [9.17, 15) is 0 Å². The summed E-state index contributed by atoms with van der Waals surface area (Å²) in [6.07, 6.45) is 32.2. The van der Waals surface area contributed by atoms with Gasteiger partial charge in [-0.2, -0.15) is 0 Å². The summed E-state index contributed by atoms with van der Waals surface area (Å²) in [6.45, 7) is 0. The van der Waals surface area contributed by atoms with Crippen molar-refractivity contribution < 1.29 is 0 Å². The normalized spacial score (nSPS) is 30.4. The third-order valence-corrected chi connectivity index (χ3v) is 17.2. The second-order valence-electron chi connectivity index (χ2n) is 10.3. The van der Waals surface area contributed by atoms with Gasteiger partial charge in [-0.05, 0) is 0 Å². The maximum atomic E-state index is 1.66. The van der Waals surface area contributed by atoms with Crippen LogP contribution in [0.5, 0.6) is 0 Å². The summed E-state index contributed by atoms with van der Waals surface area (Å²) in [6, 6.07) is 0. The van der Waals surface area contributed by atoms with Crippen molar-refractivity contribution >= 4 is 7.26 Å². The number of hydrogen-bond donors (Lipinski definition) is 0. The molecule has 4 aliphatic rings. The zero-order valence-corrected chi connectivity index (χ0v) is 18.0. The predicted molar refractivity (Wildman–Crippen MR) is 116 cm³/mol. The molecule has 0 heterocycles. The number of rotatable bonds is 4. The summed E-state index contributed by atoms with van der Waals surface area (Å²) in [7, 11) is -1.19. The van der Waals surface area contributed by atoms with Crippen molar-refractivity contribution in [3.8, 4) is 0 Å². The summed E-state index contributed by atoms with van der Waals surface area (Å²) in [4.78, 5) is 0. The van der Waals surface area contributed by atoms with Crippen LogP contribution in [0.3, 0.4) is 0 Å². The van der Waals surface area contributed by atoms with Crippen LogP contribution >= 0.6 is 7.26 Å². The fourth-order valence-electron chi connectivity index (χ4n) is 8.41. The Morgan fingerprint density at radius 1 is 0.280 bits per heavy atom. The molecule has 4 aliphatic carbocycles. The molecule has 25 heavy (non-hydrogen) atoms. The van der Waals surface area contributed by atoms with E-state index in [-0.39, 0.29) is 0 Å². The standard InChI is InChI=1S/C24H45P/c1-5-13-21(14-6-1)25(22-15-7-2-8-16-22,23-17-9-3-10-18-23)24-19-11-4-12-20-24/h21-25H,1-20H2. The first kappa shape index (κ1) is 18.8. The molecule has 0 aliphatic heterocycles. The van der Waals surface area contributed by atoms with Crippen LogP contribution in [0.1, 0.15) is 128 Å². The van der Waals surface area contributed by atoms with E-state index < -0.39 is 7.26 Å². The minimum atomic E-state index is -1.19. The van der Waals surface area contributed by atoms with Gasteiger partial charge in [0, 0.05) is 0 Å². The quantitative estimate of drug-likeness (QED) is 0.442. The Labute approximate surface area is 158 Å². The summed E-state index contributed by atoms with van der Waals surface area (Å²) in [5.41, 5.74) is 4.98. The first-order valence-corrected chi connectivity index (χ1v) is 14.7. The van der Waals surface area contributed by atoms with Crippen molar-refractivity contribution in [1.82, 2.24) is 0 Å². The van der Waals surface area contributed by atoms with Gasteiger partial charge in [-0.15, -0.1) is 0 Å². The van der Waals surface area contributed by atoms with Gasteiger partial charge in [0.1, 0.15) is 0 Å². The Morgan fingerprint density at radius 2 is 0.480 bits per heavy atom. The zero-order valence-electron chi connectivity index (χ0n) is 17.0. The third-order valence-electron chi connectivity index (χ3n) is 9.25. The summed E-state index contributed by atoms with van der Waals surface area (Å²) in [5, 5.41) is 0. The molecule has 146 valence electrons. The average Bonchev–Trinajstić information content (AvgIpc) is 2.72. The number of hydrogen-bond acceptors (Lipinski definition) is 0. The second kappa shape index (κ2) is 9.08. The Hall–Kier alpha value is 0.430. The van der Waals surface area contributed by atoms with Gasteiger partial charge < -0.3 is 0 Å². The molecule has 0 atom stereocenters. The van der Waals surface area contributed by atoms with Gasteiger partial charge in [-0.25, -0.2) is 0 Å². The first-order valence-electron chi connectivity index (χ1n) is 12.4. The topological polar surface area (TPSA) is 0 Å². The molecule has 0 bridgehead atoms. The molecule has 0 nitrogen and oxygen atoms in total. The van der Waals surface area contributed by atoms with Gasteiger partial charge in [0.25, 0.3) is 0 Å². The summed E-state index contributed by atoms with van der Waals surface area (Å²) < 4.78 is 0. The van der Waals surface area contributed by atoms with E-state index in [1.54, 1.807) is 128 Å². The first-order chi connectivity index (χ1) is 12.4. The van der Waals surface area contributed by atoms with Gasteiger partial charge in [0.05, 0.1) is 0 Å². The monoisotopic (exact) mass is 364 g/mol. The molecule has 4 saturated carbocycles. The Bertz CT molecular complexity index is 301. The third kappa shape index (κ3) is 3.86. The van der Waals surface area contributed by atoms with Crippen LogP contribution in [0.25, 0.3) is 0 Å². The van der Waals surface area contributed by atoms with Crippen molar-refractivity contribution in [2.75, 3.05) is 0 Å². The van der Waals surface area contributed by atoms with E-state index in [4.69, 9.17) is 0 Å². The van der Waals surface area contributed by atoms with Crippen molar-refractivity contribution in [1.29, 1.82) is 0 Å². The maximum absolute atomic E-state index is 1.66. The van der Waals surface area contributed by atoms with Gasteiger partial charge in [-0.3, -0.25) is 0 Å². The van der Waals surface area contributed by atoms with Crippen molar-refractivity contribution in [3.63, 3.8) is 0 Å². The fourth-order valence-corrected chi connectivity index (χ4v) is 18.0. The molecule has 0 radical (unpaired) electrons. The fraction of sp³-hybridized carbons (Fsp3) is 1.00. The van der Waals surface area contributed by atoms with Crippen LogP contribution in [-0.2, 0) is 0 Å². The minimum absolute atomic E-state index is 1.19. The molecular weight excluding hydrogens is 319 g/mol. The molecule has 4 rings (SSSR count). The predicted octanol–water partition coefficient (Wildman–Crippen LogP) is 8.07. The molecule has 0 aromatic heterocycles. The SMILES string of the molecule is C1CCC([PH](C2CCCCC2)(C2CCCCC2)C2CCCCC2)CC1. The molecule has 0 unspecified atom stereocenters. The van der Waals surface area contributed by atoms with Gasteiger partial charge >= 0.3 is 158 Å². The van der Waals surface area contributed by atoms with Crippen LogP contribution in [0, 0.1) is 0 Å². The van der Waals surface area contributed by atoms with Gasteiger partial charge in [0.15, 0.2) is 0 Å². The Balaban J connectivity index is 1.70. The second-order valence-corrected chi connectivity index (χ2v) is 15.6. The van der Waals surface area contributed by atoms with E-state index in [0.29, 0.717) is 0 Å². The van der Waals surface area contributed by atoms with E-state index in [1.807, 2.05) is 0 Å². The van der Waals surface area contributed by atoms with Crippen LogP contribution in [0.15, 0.2) is 0 Å². The average molecular weight is 365 g/mol. The van der Waals surface area contributed by atoms with E-state index in [0.717, 1.165) is 0 Å². The molecule has 0 aromatic rings. The molecule has 0 N–H and O–H groups in total. The van der Waals surface area contributed by atoms with Gasteiger partial charge in [-0.1, -0.05) is 0 Å². The molecule has 0 spiro atoms. The van der Waals surface area contributed by atoms with Crippen LogP contribution in [-0.4, -0.2) is 22.6 Å². The molecule has 0 saturated heterocycles. The van der Waals surface area contributed by atoms with E-state index >= 15 is 0 Å². The van der Waals surface area contributed by atoms with Crippen LogP contribution in [0.4, 0.5) is 0 Å². The van der Waals surface area contributed by atoms with E-state index in [1.165, 1.54) is 22.6 Å². The Kier molecular flexibility index (Phi) is 6.82. The van der Waals surface area contributed by atoms with E-state index in [2.05, 4.69) is 0 Å².